The zero-order chi connectivity index (χ0) is 17.4. The van der Waals surface area contributed by atoms with Crippen molar-refractivity contribution in [1.82, 2.24) is 5.43 Å². The van der Waals surface area contributed by atoms with Crippen molar-refractivity contribution < 1.29 is 14.3 Å². The van der Waals surface area contributed by atoms with Crippen LogP contribution in [0.15, 0.2) is 53.6 Å². The highest BCUT2D eigenvalue weighted by Gasteiger charge is 2.13. The van der Waals surface area contributed by atoms with Crippen molar-refractivity contribution in [3.8, 4) is 11.5 Å². The van der Waals surface area contributed by atoms with Crippen molar-refractivity contribution in [1.29, 1.82) is 0 Å². The Balaban J connectivity index is 1.83. The Kier molecular flexibility index (Phi) is 6.63. The zero-order valence-corrected chi connectivity index (χ0v) is 14.3. The topological polar surface area (TPSA) is 59.9 Å². The lowest BCUT2D eigenvalue weighted by Gasteiger charge is -2.12. The molecular weight excluding hydrogens is 328 g/mol. The van der Waals surface area contributed by atoms with E-state index in [1.54, 1.807) is 37.4 Å². The van der Waals surface area contributed by atoms with E-state index in [4.69, 9.17) is 21.1 Å². The molecule has 0 heterocycles. The quantitative estimate of drug-likeness (QED) is 0.615. The highest BCUT2D eigenvalue weighted by atomic mass is 35.5. The lowest BCUT2D eigenvalue weighted by Crippen LogP contribution is -2.33. The minimum atomic E-state index is -0.677. The molecule has 0 spiro atoms. The number of carbonyl (C=O) groups is 1. The number of hydrogen-bond acceptors (Lipinski definition) is 4. The highest BCUT2D eigenvalue weighted by Crippen LogP contribution is 2.16. The molecule has 0 aromatic heterocycles. The van der Waals surface area contributed by atoms with Crippen LogP contribution < -0.4 is 14.9 Å². The number of nitrogens with zero attached hydrogens (tertiary/aromatic N) is 1. The number of hydrogen-bond donors (Lipinski definition) is 1. The molecule has 1 unspecified atom stereocenters. The number of carbonyl (C=O) groups excluding carboxylic acids is 1. The highest BCUT2D eigenvalue weighted by molar-refractivity contribution is 6.30. The summed E-state index contributed by atoms with van der Waals surface area (Å²) in [4.78, 5) is 11.9. The molecule has 0 radical (unpaired) electrons. The van der Waals surface area contributed by atoms with E-state index in [1.165, 1.54) is 0 Å². The summed E-state index contributed by atoms with van der Waals surface area (Å²) < 4.78 is 10.9. The lowest BCUT2D eigenvalue weighted by atomic mass is 10.2. The van der Waals surface area contributed by atoms with Gasteiger partial charge in [-0.05, 0) is 67.9 Å². The van der Waals surface area contributed by atoms with E-state index in [9.17, 15) is 4.79 Å². The number of halogens is 1. The van der Waals surface area contributed by atoms with Gasteiger partial charge in [0, 0.05) is 5.02 Å². The van der Waals surface area contributed by atoms with Crippen LogP contribution in [0.25, 0.3) is 0 Å². The third-order valence-electron chi connectivity index (χ3n) is 3.08. The Labute approximate surface area is 146 Å². The van der Waals surface area contributed by atoms with Crippen LogP contribution in [0.3, 0.4) is 0 Å². The third-order valence-corrected chi connectivity index (χ3v) is 3.33. The van der Waals surface area contributed by atoms with Gasteiger partial charge in [-0.3, -0.25) is 4.79 Å². The van der Waals surface area contributed by atoms with Gasteiger partial charge >= 0.3 is 0 Å². The van der Waals surface area contributed by atoms with E-state index in [0.717, 1.165) is 11.3 Å². The van der Waals surface area contributed by atoms with Gasteiger partial charge in [0.2, 0.25) is 0 Å². The van der Waals surface area contributed by atoms with Gasteiger partial charge in [0.25, 0.3) is 5.91 Å². The van der Waals surface area contributed by atoms with E-state index in [0.29, 0.717) is 17.4 Å². The maximum Gasteiger partial charge on any atom is 0.280 e. The van der Waals surface area contributed by atoms with Crippen molar-refractivity contribution in [2.24, 2.45) is 5.10 Å². The summed E-state index contributed by atoms with van der Waals surface area (Å²) in [5.41, 5.74) is 3.30. The van der Waals surface area contributed by atoms with E-state index in [-0.39, 0.29) is 5.91 Å². The molecule has 6 heteroatoms. The molecule has 0 bridgehead atoms. The fraction of sp³-hybridized carbons (Fsp3) is 0.222. The van der Waals surface area contributed by atoms with Crippen LogP contribution in [-0.4, -0.2) is 24.8 Å². The monoisotopic (exact) mass is 346 g/mol. The van der Waals surface area contributed by atoms with Gasteiger partial charge in [-0.15, -0.1) is 0 Å². The number of nitrogens with one attached hydrogen (secondary N) is 1. The largest absolute Gasteiger partial charge is 0.494 e. The molecule has 2 aromatic carbocycles. The lowest BCUT2D eigenvalue weighted by molar-refractivity contribution is -0.127. The zero-order valence-electron chi connectivity index (χ0n) is 13.5. The molecule has 126 valence electrons. The van der Waals surface area contributed by atoms with Gasteiger partial charge in [0.05, 0.1) is 12.8 Å². The van der Waals surface area contributed by atoms with Crippen LogP contribution in [0.2, 0.25) is 5.02 Å². The Morgan fingerprint density at radius 2 is 1.79 bits per heavy atom. The normalized spacial score (nSPS) is 12.0. The molecule has 5 nitrogen and oxygen atoms in total. The van der Waals surface area contributed by atoms with Crippen LogP contribution in [0.1, 0.15) is 19.4 Å². The summed E-state index contributed by atoms with van der Waals surface area (Å²) in [5, 5.41) is 4.54. The first-order valence-electron chi connectivity index (χ1n) is 7.56. The van der Waals surface area contributed by atoms with E-state index < -0.39 is 6.10 Å². The number of hydrazone groups is 1. The Morgan fingerprint density at radius 1 is 1.17 bits per heavy atom. The Bertz CT molecular complexity index is 684. The van der Waals surface area contributed by atoms with Crippen molar-refractivity contribution in [3.63, 3.8) is 0 Å². The van der Waals surface area contributed by atoms with Gasteiger partial charge in [0.1, 0.15) is 11.5 Å². The standard InChI is InChI=1S/C18H19ClN2O3/c1-3-23-16-8-4-14(5-9-16)12-20-21-18(22)13(2)24-17-10-6-15(19)7-11-17/h4-13H,3H2,1-2H3,(H,21,22). The number of rotatable bonds is 7. The fourth-order valence-corrected chi connectivity index (χ4v) is 1.97. The summed E-state index contributed by atoms with van der Waals surface area (Å²) in [6, 6.07) is 14.2. The minimum Gasteiger partial charge on any atom is -0.494 e. The van der Waals surface area contributed by atoms with E-state index in [1.807, 2.05) is 31.2 Å². The van der Waals surface area contributed by atoms with E-state index >= 15 is 0 Å². The first kappa shape index (κ1) is 17.8. The van der Waals surface area contributed by atoms with Gasteiger partial charge in [-0.25, -0.2) is 5.43 Å². The molecular formula is C18H19ClN2O3. The van der Waals surface area contributed by atoms with Crippen LogP contribution in [0, 0.1) is 0 Å². The molecule has 1 amide bonds. The van der Waals surface area contributed by atoms with Crippen LogP contribution in [0.4, 0.5) is 0 Å². The molecule has 2 aromatic rings. The van der Waals surface area contributed by atoms with Gasteiger partial charge < -0.3 is 9.47 Å². The van der Waals surface area contributed by atoms with Crippen LogP contribution in [-0.2, 0) is 4.79 Å². The van der Waals surface area contributed by atoms with Gasteiger partial charge in [0.15, 0.2) is 6.10 Å². The molecule has 0 aliphatic heterocycles. The second-order valence-corrected chi connectivity index (χ2v) is 5.39. The van der Waals surface area contributed by atoms with Crippen LogP contribution >= 0.6 is 11.6 Å². The second kappa shape index (κ2) is 8.93. The van der Waals surface area contributed by atoms with Gasteiger partial charge in [-0.1, -0.05) is 11.6 Å². The molecule has 1 N–H and O–H groups in total. The smallest absolute Gasteiger partial charge is 0.280 e. The molecule has 0 saturated carbocycles. The first-order chi connectivity index (χ1) is 11.6. The second-order valence-electron chi connectivity index (χ2n) is 4.95. The average molecular weight is 347 g/mol. The average Bonchev–Trinajstić information content (AvgIpc) is 2.58. The summed E-state index contributed by atoms with van der Waals surface area (Å²) in [5.74, 6) is 1.02. The van der Waals surface area contributed by atoms with Crippen molar-refractivity contribution in [3.05, 3.63) is 59.1 Å². The number of ether oxygens (including phenoxy) is 2. The van der Waals surface area contributed by atoms with Crippen molar-refractivity contribution in [2.45, 2.75) is 20.0 Å². The maximum absolute atomic E-state index is 11.9. The predicted octanol–water partition coefficient (Wildman–Crippen LogP) is 3.66. The third kappa shape index (κ3) is 5.59. The minimum absolute atomic E-state index is 0.341. The molecule has 0 aliphatic rings. The summed E-state index contributed by atoms with van der Waals surface area (Å²) >= 11 is 5.80. The molecule has 0 aliphatic carbocycles. The van der Waals surface area contributed by atoms with E-state index in [2.05, 4.69) is 10.5 Å². The SMILES string of the molecule is CCOc1ccc(C=NNC(=O)C(C)Oc2ccc(Cl)cc2)cc1. The summed E-state index contributed by atoms with van der Waals surface area (Å²) in [6.45, 7) is 4.20. The van der Waals surface area contributed by atoms with Crippen molar-refractivity contribution in [2.75, 3.05) is 6.61 Å². The van der Waals surface area contributed by atoms with Crippen LogP contribution in [0.5, 0.6) is 11.5 Å². The number of benzene rings is 2. The Hall–Kier alpha value is -2.53. The molecule has 1 atom stereocenters. The maximum atomic E-state index is 11.9. The molecule has 24 heavy (non-hydrogen) atoms. The predicted molar refractivity (Wildman–Crippen MR) is 94.9 cm³/mol. The molecule has 2 rings (SSSR count). The number of amides is 1. The molecule has 0 saturated heterocycles. The van der Waals surface area contributed by atoms with Gasteiger partial charge in [-0.2, -0.15) is 5.10 Å². The summed E-state index contributed by atoms with van der Waals surface area (Å²) in [6.07, 6.45) is 0.881. The first-order valence-corrected chi connectivity index (χ1v) is 7.94. The van der Waals surface area contributed by atoms with Crippen molar-refractivity contribution >= 4 is 23.7 Å². The fourth-order valence-electron chi connectivity index (χ4n) is 1.85. The summed E-state index contributed by atoms with van der Waals surface area (Å²) in [7, 11) is 0. The molecule has 0 fully saturated rings. The Morgan fingerprint density at radius 3 is 2.42 bits per heavy atom.